The minimum atomic E-state index is -0.851. The fourth-order valence-electron chi connectivity index (χ4n) is 1.62. The number of nitrogens with zero attached hydrogens (tertiary/aromatic N) is 1. The van der Waals surface area contributed by atoms with Gasteiger partial charge >= 0.3 is 11.8 Å². The molecule has 0 aromatic carbocycles. The second kappa shape index (κ2) is 6.71. The first-order valence-corrected chi connectivity index (χ1v) is 6.30. The molecule has 0 aliphatic rings. The van der Waals surface area contributed by atoms with Gasteiger partial charge in [-0.1, -0.05) is 5.16 Å². The zero-order chi connectivity index (χ0) is 15.2. The second-order valence-corrected chi connectivity index (χ2v) is 4.35. The number of anilines is 1. The fourth-order valence-corrected chi connectivity index (χ4v) is 1.62. The Morgan fingerprint density at radius 3 is 2.86 bits per heavy atom. The highest BCUT2D eigenvalue weighted by Crippen LogP contribution is 2.15. The molecule has 2 aromatic rings. The average Bonchev–Trinajstić information content (AvgIpc) is 3.10. The van der Waals surface area contributed by atoms with E-state index >= 15 is 0 Å². The van der Waals surface area contributed by atoms with E-state index in [0.717, 1.165) is 0 Å². The van der Waals surface area contributed by atoms with Gasteiger partial charge in [-0.3, -0.25) is 14.9 Å². The molecule has 0 aliphatic carbocycles. The number of carbonyl (C=O) groups excluding carboxylic acids is 2. The number of rotatable bonds is 5. The lowest BCUT2D eigenvalue weighted by molar-refractivity contribution is -0.136. The summed E-state index contributed by atoms with van der Waals surface area (Å²) in [6, 6.07) is 4.78. The quantitative estimate of drug-likeness (QED) is 0.700. The SMILES string of the molecule is Cc1cc(NC(=O)C(=O)NCC[C@H](O)c2ccco2)no1. The van der Waals surface area contributed by atoms with Crippen molar-refractivity contribution < 1.29 is 23.6 Å². The number of hydrogen-bond donors (Lipinski definition) is 3. The van der Waals surface area contributed by atoms with Gasteiger partial charge in [-0.05, 0) is 25.5 Å². The molecular weight excluding hydrogens is 278 g/mol. The lowest BCUT2D eigenvalue weighted by Crippen LogP contribution is -2.36. The van der Waals surface area contributed by atoms with Crippen LogP contribution in [0.25, 0.3) is 0 Å². The lowest BCUT2D eigenvalue weighted by Gasteiger charge is -2.08. The molecule has 0 saturated heterocycles. The van der Waals surface area contributed by atoms with Crippen molar-refractivity contribution in [3.8, 4) is 0 Å². The molecule has 0 aliphatic heterocycles. The van der Waals surface area contributed by atoms with Crippen LogP contribution in [0.2, 0.25) is 0 Å². The van der Waals surface area contributed by atoms with Gasteiger partial charge in [0, 0.05) is 12.6 Å². The number of aryl methyl sites for hydroxylation is 1. The van der Waals surface area contributed by atoms with Crippen molar-refractivity contribution in [3.63, 3.8) is 0 Å². The first kappa shape index (κ1) is 14.8. The largest absolute Gasteiger partial charge is 0.467 e. The molecule has 1 atom stereocenters. The molecule has 0 radical (unpaired) electrons. The highest BCUT2D eigenvalue weighted by atomic mass is 16.5. The zero-order valence-corrected chi connectivity index (χ0v) is 11.3. The molecule has 0 spiro atoms. The van der Waals surface area contributed by atoms with E-state index < -0.39 is 17.9 Å². The smallest absolute Gasteiger partial charge is 0.314 e. The van der Waals surface area contributed by atoms with E-state index in [-0.39, 0.29) is 18.8 Å². The van der Waals surface area contributed by atoms with Crippen LogP contribution in [0.5, 0.6) is 0 Å². The molecule has 0 bridgehead atoms. The summed E-state index contributed by atoms with van der Waals surface area (Å²) in [6.07, 6.45) is 0.849. The van der Waals surface area contributed by atoms with Gasteiger partial charge in [0.2, 0.25) is 0 Å². The second-order valence-electron chi connectivity index (χ2n) is 4.35. The van der Waals surface area contributed by atoms with E-state index in [1.165, 1.54) is 12.3 Å². The summed E-state index contributed by atoms with van der Waals surface area (Å²) < 4.78 is 9.78. The van der Waals surface area contributed by atoms with Gasteiger partial charge in [0.05, 0.1) is 6.26 Å². The lowest BCUT2D eigenvalue weighted by atomic mass is 10.2. The number of aliphatic hydroxyl groups excluding tert-OH is 1. The Bertz CT molecular complexity index is 605. The average molecular weight is 293 g/mol. The zero-order valence-electron chi connectivity index (χ0n) is 11.3. The Balaban J connectivity index is 1.72. The van der Waals surface area contributed by atoms with Crippen molar-refractivity contribution in [1.29, 1.82) is 0 Å². The topological polar surface area (TPSA) is 118 Å². The minimum Gasteiger partial charge on any atom is -0.467 e. The third-order valence-electron chi connectivity index (χ3n) is 2.65. The van der Waals surface area contributed by atoms with Gasteiger partial charge in [-0.25, -0.2) is 0 Å². The van der Waals surface area contributed by atoms with Gasteiger partial charge in [-0.2, -0.15) is 0 Å². The number of furan rings is 1. The molecule has 2 aromatic heterocycles. The molecule has 2 amide bonds. The van der Waals surface area contributed by atoms with Crippen LogP contribution in [0.3, 0.4) is 0 Å². The molecule has 3 N–H and O–H groups in total. The van der Waals surface area contributed by atoms with Crippen LogP contribution in [-0.2, 0) is 9.59 Å². The predicted octanol–water partition coefficient (Wildman–Crippen LogP) is 0.754. The van der Waals surface area contributed by atoms with E-state index in [4.69, 9.17) is 8.94 Å². The molecule has 2 heterocycles. The Hall–Kier alpha value is -2.61. The van der Waals surface area contributed by atoms with Crippen molar-refractivity contribution in [3.05, 3.63) is 36.0 Å². The standard InChI is InChI=1S/C13H15N3O5/c1-8-7-11(16-21-8)15-13(19)12(18)14-5-4-9(17)10-3-2-6-20-10/h2-3,6-7,9,17H,4-5H2,1H3,(H,14,18)(H,15,16,19)/t9-/m0/s1. The van der Waals surface area contributed by atoms with Crippen molar-refractivity contribution in [2.45, 2.75) is 19.4 Å². The van der Waals surface area contributed by atoms with Crippen LogP contribution in [0.4, 0.5) is 5.82 Å². The van der Waals surface area contributed by atoms with Gasteiger partial charge in [0.1, 0.15) is 17.6 Å². The summed E-state index contributed by atoms with van der Waals surface area (Å²) in [6.45, 7) is 1.80. The maximum Gasteiger partial charge on any atom is 0.314 e. The molecule has 2 rings (SSSR count). The highest BCUT2D eigenvalue weighted by molar-refractivity contribution is 6.39. The van der Waals surface area contributed by atoms with E-state index in [1.54, 1.807) is 19.1 Å². The van der Waals surface area contributed by atoms with Crippen LogP contribution in [0.1, 0.15) is 24.0 Å². The summed E-state index contributed by atoms with van der Waals surface area (Å²) in [7, 11) is 0. The van der Waals surface area contributed by atoms with Crippen LogP contribution >= 0.6 is 0 Å². The monoisotopic (exact) mass is 293 g/mol. The van der Waals surface area contributed by atoms with E-state index in [2.05, 4.69) is 15.8 Å². The Labute approximate surface area is 120 Å². The number of aromatic nitrogens is 1. The van der Waals surface area contributed by atoms with Crippen molar-refractivity contribution in [1.82, 2.24) is 10.5 Å². The van der Waals surface area contributed by atoms with Gasteiger partial charge < -0.3 is 19.4 Å². The van der Waals surface area contributed by atoms with Gasteiger partial charge in [-0.15, -0.1) is 0 Å². The van der Waals surface area contributed by atoms with E-state index in [1.807, 2.05) is 0 Å². The van der Waals surface area contributed by atoms with E-state index in [0.29, 0.717) is 11.5 Å². The van der Waals surface area contributed by atoms with E-state index in [9.17, 15) is 14.7 Å². The summed E-state index contributed by atoms with van der Waals surface area (Å²) in [4.78, 5) is 23.1. The maximum absolute atomic E-state index is 11.5. The van der Waals surface area contributed by atoms with Crippen LogP contribution in [-0.4, -0.2) is 28.6 Å². The number of hydrogen-bond acceptors (Lipinski definition) is 6. The maximum atomic E-state index is 11.5. The third-order valence-corrected chi connectivity index (χ3v) is 2.65. The Morgan fingerprint density at radius 2 is 2.24 bits per heavy atom. The molecule has 0 fully saturated rings. The van der Waals surface area contributed by atoms with Crippen molar-refractivity contribution in [2.75, 3.05) is 11.9 Å². The number of amides is 2. The third kappa shape index (κ3) is 4.18. The Morgan fingerprint density at radius 1 is 1.43 bits per heavy atom. The molecule has 8 nitrogen and oxygen atoms in total. The van der Waals surface area contributed by atoms with Gasteiger partial charge in [0.15, 0.2) is 5.82 Å². The fraction of sp³-hybridized carbons (Fsp3) is 0.308. The number of aliphatic hydroxyl groups is 1. The predicted molar refractivity (Wildman–Crippen MR) is 71.2 cm³/mol. The normalized spacial score (nSPS) is 11.9. The summed E-state index contributed by atoms with van der Waals surface area (Å²) >= 11 is 0. The molecule has 8 heteroatoms. The van der Waals surface area contributed by atoms with Crippen molar-refractivity contribution >= 4 is 17.6 Å². The van der Waals surface area contributed by atoms with Crippen LogP contribution in [0, 0.1) is 6.92 Å². The summed E-state index contributed by atoms with van der Waals surface area (Å²) in [5.74, 6) is -0.569. The minimum absolute atomic E-state index is 0.131. The Kier molecular flexibility index (Phi) is 4.72. The molecule has 112 valence electrons. The molecule has 0 unspecified atom stereocenters. The van der Waals surface area contributed by atoms with Crippen molar-refractivity contribution in [2.24, 2.45) is 0 Å². The van der Waals surface area contributed by atoms with Gasteiger partial charge in [0.25, 0.3) is 0 Å². The summed E-state index contributed by atoms with van der Waals surface area (Å²) in [5, 5.41) is 18.0. The summed E-state index contributed by atoms with van der Waals surface area (Å²) in [5.41, 5.74) is 0. The highest BCUT2D eigenvalue weighted by Gasteiger charge is 2.16. The van der Waals surface area contributed by atoms with Crippen LogP contribution < -0.4 is 10.6 Å². The van der Waals surface area contributed by atoms with Crippen LogP contribution in [0.15, 0.2) is 33.4 Å². The number of nitrogens with one attached hydrogen (secondary N) is 2. The molecule has 0 saturated carbocycles. The first-order chi connectivity index (χ1) is 10.1. The molecule has 21 heavy (non-hydrogen) atoms. The number of carbonyl (C=O) groups is 2. The first-order valence-electron chi connectivity index (χ1n) is 6.30. The molecular formula is C13H15N3O5.